The quantitative estimate of drug-likeness (QED) is 0.742. The van der Waals surface area contributed by atoms with E-state index in [0.29, 0.717) is 21.9 Å². The summed E-state index contributed by atoms with van der Waals surface area (Å²) in [7, 11) is 0. The number of aromatic nitrogens is 1. The average Bonchev–Trinajstić information content (AvgIpc) is 2.29. The number of aliphatic carboxylic acids is 1. The van der Waals surface area contributed by atoms with E-state index in [2.05, 4.69) is 10.3 Å². The van der Waals surface area contributed by atoms with E-state index in [4.69, 9.17) is 22.4 Å². The van der Waals surface area contributed by atoms with Crippen LogP contribution in [-0.4, -0.2) is 22.1 Å². The lowest BCUT2D eigenvalue weighted by Crippen LogP contribution is -2.25. The largest absolute Gasteiger partial charge is 0.480 e. The van der Waals surface area contributed by atoms with Gasteiger partial charge < -0.3 is 16.2 Å². The lowest BCUT2D eigenvalue weighted by atomic mass is 10.1. The van der Waals surface area contributed by atoms with E-state index >= 15 is 0 Å². The van der Waals surface area contributed by atoms with Crippen molar-refractivity contribution >= 4 is 39.8 Å². The van der Waals surface area contributed by atoms with Gasteiger partial charge in [0.25, 0.3) is 0 Å². The topological polar surface area (TPSA) is 88.2 Å². The van der Waals surface area contributed by atoms with Gasteiger partial charge in [0, 0.05) is 27.7 Å². The van der Waals surface area contributed by atoms with Crippen LogP contribution in [0.25, 0.3) is 10.8 Å². The van der Waals surface area contributed by atoms with E-state index in [0.717, 1.165) is 5.39 Å². The Balaban J connectivity index is 2.54. The molecule has 0 spiro atoms. The zero-order valence-corrected chi connectivity index (χ0v) is 10.4. The molecule has 1 atom stereocenters. The second-order valence-electron chi connectivity index (χ2n) is 3.95. The minimum Gasteiger partial charge on any atom is -0.480 e. The van der Waals surface area contributed by atoms with Gasteiger partial charge in [-0.2, -0.15) is 0 Å². The molecule has 0 amide bonds. The van der Waals surface area contributed by atoms with Gasteiger partial charge in [-0.15, -0.1) is 0 Å². The molecule has 1 aromatic heterocycles. The lowest BCUT2D eigenvalue weighted by molar-refractivity contribution is -0.137. The number of nitrogen functional groups attached to an aromatic ring is 1. The number of hydrogen-bond donors (Lipinski definition) is 3. The van der Waals surface area contributed by atoms with E-state index in [1.165, 1.54) is 6.92 Å². The Morgan fingerprint density at radius 2 is 2.22 bits per heavy atom. The molecule has 1 heterocycles. The Morgan fingerprint density at radius 3 is 2.89 bits per heavy atom. The van der Waals surface area contributed by atoms with E-state index in [9.17, 15) is 4.79 Å². The number of rotatable bonds is 3. The summed E-state index contributed by atoms with van der Waals surface area (Å²) in [6, 6.07) is 4.37. The summed E-state index contributed by atoms with van der Waals surface area (Å²) in [4.78, 5) is 15.0. The lowest BCUT2D eigenvalue weighted by Gasteiger charge is -2.13. The molecule has 0 bridgehead atoms. The van der Waals surface area contributed by atoms with Gasteiger partial charge in [0.2, 0.25) is 0 Å². The van der Waals surface area contributed by atoms with Crippen LogP contribution in [0.2, 0.25) is 5.02 Å². The van der Waals surface area contributed by atoms with Crippen molar-refractivity contribution in [2.24, 2.45) is 0 Å². The first-order valence-corrected chi connectivity index (χ1v) is 5.70. The fraction of sp³-hybridized carbons (Fsp3) is 0.167. The molecule has 18 heavy (non-hydrogen) atoms. The maximum absolute atomic E-state index is 10.8. The van der Waals surface area contributed by atoms with Crippen molar-refractivity contribution in [2.75, 3.05) is 11.1 Å². The Kier molecular flexibility index (Phi) is 3.25. The summed E-state index contributed by atoms with van der Waals surface area (Å²) in [5.74, 6) is -0.500. The predicted octanol–water partition coefficient (Wildman–Crippen LogP) is 2.36. The van der Waals surface area contributed by atoms with Crippen molar-refractivity contribution in [3.8, 4) is 0 Å². The molecule has 0 aliphatic carbocycles. The van der Waals surface area contributed by atoms with Gasteiger partial charge in [-0.1, -0.05) is 11.6 Å². The monoisotopic (exact) mass is 265 g/mol. The van der Waals surface area contributed by atoms with Crippen LogP contribution >= 0.6 is 11.6 Å². The SMILES string of the molecule is CC(Nc1nccc2c(N)cc(Cl)cc12)C(=O)O. The van der Waals surface area contributed by atoms with Gasteiger partial charge in [0.15, 0.2) is 0 Å². The molecule has 5 nitrogen and oxygen atoms in total. The van der Waals surface area contributed by atoms with Gasteiger partial charge in [0.05, 0.1) is 0 Å². The smallest absolute Gasteiger partial charge is 0.325 e. The van der Waals surface area contributed by atoms with Crippen LogP contribution < -0.4 is 11.1 Å². The van der Waals surface area contributed by atoms with Crippen LogP contribution in [0.15, 0.2) is 24.4 Å². The summed E-state index contributed by atoms with van der Waals surface area (Å²) < 4.78 is 0. The molecule has 0 saturated heterocycles. The number of carboxylic acids is 1. The van der Waals surface area contributed by atoms with Crippen molar-refractivity contribution in [1.82, 2.24) is 4.98 Å². The van der Waals surface area contributed by atoms with Crippen molar-refractivity contribution < 1.29 is 9.90 Å². The molecule has 2 rings (SSSR count). The van der Waals surface area contributed by atoms with Gasteiger partial charge in [0.1, 0.15) is 11.9 Å². The zero-order valence-electron chi connectivity index (χ0n) is 9.64. The number of halogens is 1. The third-order valence-corrected chi connectivity index (χ3v) is 2.82. The van der Waals surface area contributed by atoms with E-state index in [1.807, 2.05) is 0 Å². The summed E-state index contributed by atoms with van der Waals surface area (Å²) in [6.07, 6.45) is 1.57. The van der Waals surface area contributed by atoms with Crippen LogP contribution in [-0.2, 0) is 4.79 Å². The molecule has 1 unspecified atom stereocenters. The summed E-state index contributed by atoms with van der Waals surface area (Å²) >= 11 is 5.94. The number of fused-ring (bicyclic) bond motifs is 1. The minimum absolute atomic E-state index is 0.455. The Hall–Kier alpha value is -2.01. The van der Waals surface area contributed by atoms with Crippen molar-refractivity contribution in [2.45, 2.75) is 13.0 Å². The van der Waals surface area contributed by atoms with E-state index in [-0.39, 0.29) is 0 Å². The first kappa shape index (κ1) is 12.4. The maximum Gasteiger partial charge on any atom is 0.325 e. The second-order valence-corrected chi connectivity index (χ2v) is 4.39. The number of carbonyl (C=O) groups is 1. The Bertz CT molecular complexity index is 616. The normalized spacial score (nSPS) is 12.3. The number of nitrogens with zero attached hydrogens (tertiary/aromatic N) is 1. The van der Waals surface area contributed by atoms with Crippen molar-refractivity contribution in [3.05, 3.63) is 29.4 Å². The van der Waals surface area contributed by atoms with Crippen LogP contribution in [0.5, 0.6) is 0 Å². The number of anilines is 2. The van der Waals surface area contributed by atoms with Crippen LogP contribution in [0.1, 0.15) is 6.92 Å². The highest BCUT2D eigenvalue weighted by molar-refractivity contribution is 6.32. The molecule has 0 fully saturated rings. The van der Waals surface area contributed by atoms with Crippen molar-refractivity contribution in [3.63, 3.8) is 0 Å². The highest BCUT2D eigenvalue weighted by Crippen LogP contribution is 2.29. The number of carboxylic acid groups (broad SMARTS) is 1. The fourth-order valence-electron chi connectivity index (χ4n) is 1.66. The number of hydrogen-bond acceptors (Lipinski definition) is 4. The number of nitrogens with two attached hydrogens (primary N) is 1. The molecule has 1 aromatic carbocycles. The molecule has 0 aliphatic heterocycles. The number of nitrogens with one attached hydrogen (secondary N) is 1. The third-order valence-electron chi connectivity index (χ3n) is 2.60. The molecule has 6 heteroatoms. The predicted molar refractivity (Wildman–Crippen MR) is 71.9 cm³/mol. The minimum atomic E-state index is -0.955. The summed E-state index contributed by atoms with van der Waals surface area (Å²) in [5, 5.41) is 13.7. The highest BCUT2D eigenvalue weighted by atomic mass is 35.5. The molecule has 4 N–H and O–H groups in total. The molecule has 0 radical (unpaired) electrons. The van der Waals surface area contributed by atoms with E-state index < -0.39 is 12.0 Å². The summed E-state index contributed by atoms with van der Waals surface area (Å²) in [6.45, 7) is 1.54. The van der Waals surface area contributed by atoms with E-state index in [1.54, 1.807) is 24.4 Å². The molecule has 0 saturated carbocycles. The van der Waals surface area contributed by atoms with Gasteiger partial charge in [-0.25, -0.2) is 4.98 Å². The fourth-order valence-corrected chi connectivity index (χ4v) is 1.89. The molecule has 2 aromatic rings. The molecule has 0 aliphatic rings. The Labute approximate surface area is 109 Å². The van der Waals surface area contributed by atoms with Gasteiger partial charge in [-0.3, -0.25) is 4.79 Å². The average molecular weight is 266 g/mol. The molecular formula is C12H12ClN3O2. The first-order chi connectivity index (χ1) is 8.49. The maximum atomic E-state index is 10.8. The van der Waals surface area contributed by atoms with Crippen LogP contribution in [0, 0.1) is 0 Å². The summed E-state index contributed by atoms with van der Waals surface area (Å²) in [5.41, 5.74) is 6.39. The standard InChI is InChI=1S/C12H12ClN3O2/c1-6(12(17)18)16-11-9-4-7(13)5-10(14)8(9)2-3-15-11/h2-6H,14H2,1H3,(H,15,16)(H,17,18). The third kappa shape index (κ3) is 2.31. The second kappa shape index (κ2) is 4.70. The van der Waals surface area contributed by atoms with Gasteiger partial charge >= 0.3 is 5.97 Å². The first-order valence-electron chi connectivity index (χ1n) is 5.32. The highest BCUT2D eigenvalue weighted by Gasteiger charge is 2.13. The zero-order chi connectivity index (χ0) is 13.3. The number of pyridine rings is 1. The molecule has 94 valence electrons. The Morgan fingerprint density at radius 1 is 1.50 bits per heavy atom. The van der Waals surface area contributed by atoms with Crippen LogP contribution in [0.4, 0.5) is 11.5 Å². The van der Waals surface area contributed by atoms with Crippen LogP contribution in [0.3, 0.4) is 0 Å². The van der Waals surface area contributed by atoms with Gasteiger partial charge in [-0.05, 0) is 25.1 Å². The molecular weight excluding hydrogens is 254 g/mol. The number of benzene rings is 1. The van der Waals surface area contributed by atoms with Crippen molar-refractivity contribution in [1.29, 1.82) is 0 Å².